The Morgan fingerprint density at radius 1 is 1.12 bits per heavy atom. The Bertz CT molecular complexity index is 1290. The van der Waals surface area contributed by atoms with Crippen molar-refractivity contribution in [3.63, 3.8) is 0 Å². The number of carbonyl (C=O) groups excluding carboxylic acids is 1. The first-order valence-electron chi connectivity index (χ1n) is 10.2. The zero-order valence-electron chi connectivity index (χ0n) is 17.2. The van der Waals surface area contributed by atoms with E-state index in [-0.39, 0.29) is 22.7 Å². The molecule has 2 aliphatic heterocycles. The van der Waals surface area contributed by atoms with Crippen molar-refractivity contribution in [1.29, 1.82) is 0 Å². The monoisotopic (exact) mass is 510 g/mol. The molecule has 0 saturated carbocycles. The molecule has 174 valence electrons. The topological polar surface area (TPSA) is 124 Å². The predicted octanol–water partition coefficient (Wildman–Crippen LogP) is 3.40. The Morgan fingerprint density at radius 3 is 2.73 bits per heavy atom. The molecule has 5 rings (SSSR count). The first-order chi connectivity index (χ1) is 15.9. The first kappa shape index (κ1) is 22.1. The van der Waals surface area contributed by atoms with Crippen LogP contribution in [-0.4, -0.2) is 54.6 Å². The first-order valence-corrected chi connectivity index (χ1v) is 12.9. The Balaban J connectivity index is 1.33. The molecule has 1 aromatic carbocycles. The molecule has 0 aliphatic carbocycles. The van der Waals surface area contributed by atoms with Crippen LogP contribution in [-0.2, 0) is 14.8 Å². The van der Waals surface area contributed by atoms with Crippen LogP contribution < -0.4 is 14.8 Å². The summed E-state index contributed by atoms with van der Waals surface area (Å²) < 4.78 is 44.5. The van der Waals surface area contributed by atoms with Gasteiger partial charge in [0.1, 0.15) is 23.5 Å². The number of halogens is 1. The highest BCUT2D eigenvalue weighted by atomic mass is 35.5. The van der Waals surface area contributed by atoms with Crippen molar-refractivity contribution < 1.29 is 27.1 Å². The third-order valence-electron chi connectivity index (χ3n) is 5.31. The van der Waals surface area contributed by atoms with E-state index in [0.717, 1.165) is 17.8 Å². The average molecular weight is 511 g/mol. The van der Waals surface area contributed by atoms with E-state index in [9.17, 15) is 13.2 Å². The number of nitrogens with zero attached hydrogens (tertiary/aromatic N) is 3. The van der Waals surface area contributed by atoms with E-state index in [1.807, 2.05) is 0 Å². The summed E-state index contributed by atoms with van der Waals surface area (Å²) in [6, 6.07) is 7.16. The highest BCUT2D eigenvalue weighted by Crippen LogP contribution is 2.35. The van der Waals surface area contributed by atoms with Gasteiger partial charge < -0.3 is 13.9 Å². The Morgan fingerprint density at radius 2 is 1.94 bits per heavy atom. The number of rotatable bonds is 5. The number of hydrogen-bond donors (Lipinski definition) is 1. The number of aromatic nitrogens is 2. The van der Waals surface area contributed by atoms with Gasteiger partial charge in [0.15, 0.2) is 11.5 Å². The summed E-state index contributed by atoms with van der Waals surface area (Å²) in [6.45, 7) is 1.17. The molecule has 0 bridgehead atoms. The van der Waals surface area contributed by atoms with Gasteiger partial charge in [0, 0.05) is 12.1 Å². The van der Waals surface area contributed by atoms with Crippen molar-refractivity contribution in [2.45, 2.75) is 29.5 Å². The second-order valence-corrected chi connectivity index (χ2v) is 11.3. The van der Waals surface area contributed by atoms with E-state index in [1.165, 1.54) is 16.4 Å². The van der Waals surface area contributed by atoms with Crippen LogP contribution in [0, 0.1) is 0 Å². The van der Waals surface area contributed by atoms with Crippen molar-refractivity contribution in [3.05, 3.63) is 34.7 Å². The van der Waals surface area contributed by atoms with E-state index in [0.29, 0.717) is 47.5 Å². The van der Waals surface area contributed by atoms with Crippen LogP contribution in [0.3, 0.4) is 0 Å². The maximum Gasteiger partial charge on any atom is 0.322 e. The average Bonchev–Trinajstić information content (AvgIpc) is 3.48. The van der Waals surface area contributed by atoms with Gasteiger partial charge in [-0.15, -0.1) is 16.4 Å². The lowest BCUT2D eigenvalue weighted by Crippen LogP contribution is -2.49. The molecule has 4 heterocycles. The zero-order chi connectivity index (χ0) is 23.0. The molecule has 10 nitrogen and oxygen atoms in total. The molecule has 1 saturated heterocycles. The Kier molecular flexibility index (Phi) is 5.99. The number of piperidine rings is 1. The molecule has 1 unspecified atom stereocenters. The standard InChI is InChI=1S/C20H19ClN4O6S2/c21-16-6-7-17(32-16)33(27,28)25-8-2-1-3-13(25)18(26)22-20-24-23-19(31-20)12-4-5-14-15(11-12)30-10-9-29-14/h4-7,11,13H,1-3,8-10H2,(H,22,24,26). The number of thiophene rings is 1. The van der Waals surface area contributed by atoms with Crippen molar-refractivity contribution >= 4 is 44.9 Å². The van der Waals surface area contributed by atoms with Gasteiger partial charge in [-0.25, -0.2) is 8.42 Å². The van der Waals surface area contributed by atoms with Gasteiger partial charge in [-0.05, 0) is 43.2 Å². The number of ether oxygens (including phenoxy) is 2. The number of anilines is 1. The summed E-state index contributed by atoms with van der Waals surface area (Å²) in [4.78, 5) is 13.0. The molecular weight excluding hydrogens is 492 g/mol. The third-order valence-corrected chi connectivity index (χ3v) is 8.92. The van der Waals surface area contributed by atoms with Gasteiger partial charge >= 0.3 is 6.01 Å². The molecule has 3 aromatic rings. The number of amides is 1. The quantitative estimate of drug-likeness (QED) is 0.553. The lowest BCUT2D eigenvalue weighted by Gasteiger charge is -2.32. The number of carbonyl (C=O) groups is 1. The molecule has 1 fully saturated rings. The van der Waals surface area contributed by atoms with Gasteiger partial charge in [-0.1, -0.05) is 23.1 Å². The van der Waals surface area contributed by atoms with Crippen molar-refractivity contribution in [2.24, 2.45) is 0 Å². The highest BCUT2D eigenvalue weighted by molar-refractivity contribution is 7.91. The fourth-order valence-electron chi connectivity index (χ4n) is 3.76. The normalized spacial score (nSPS) is 18.8. The molecule has 0 radical (unpaired) electrons. The molecule has 33 heavy (non-hydrogen) atoms. The molecular formula is C20H19ClN4O6S2. The van der Waals surface area contributed by atoms with Crippen molar-refractivity contribution in [3.8, 4) is 23.0 Å². The van der Waals surface area contributed by atoms with E-state index >= 15 is 0 Å². The van der Waals surface area contributed by atoms with Gasteiger partial charge in [0.2, 0.25) is 11.8 Å². The van der Waals surface area contributed by atoms with Gasteiger partial charge in [-0.2, -0.15) is 4.31 Å². The zero-order valence-corrected chi connectivity index (χ0v) is 19.6. The molecule has 0 spiro atoms. The van der Waals surface area contributed by atoms with Gasteiger partial charge in [0.05, 0.1) is 4.34 Å². The summed E-state index contributed by atoms with van der Waals surface area (Å²) in [7, 11) is -3.86. The van der Waals surface area contributed by atoms with Crippen molar-refractivity contribution in [1.82, 2.24) is 14.5 Å². The van der Waals surface area contributed by atoms with E-state index in [2.05, 4.69) is 15.5 Å². The maximum atomic E-state index is 13.1. The number of benzene rings is 1. The Labute approximate surface area is 198 Å². The third kappa shape index (κ3) is 4.43. The second kappa shape index (κ2) is 8.93. The van der Waals surface area contributed by atoms with Gasteiger partial charge in [0.25, 0.3) is 10.0 Å². The predicted molar refractivity (Wildman–Crippen MR) is 120 cm³/mol. The molecule has 1 atom stereocenters. The largest absolute Gasteiger partial charge is 0.486 e. The fourth-order valence-corrected chi connectivity index (χ4v) is 7.03. The summed E-state index contributed by atoms with van der Waals surface area (Å²) in [5, 5.41) is 10.4. The van der Waals surface area contributed by atoms with E-state index in [1.54, 1.807) is 18.2 Å². The summed E-state index contributed by atoms with van der Waals surface area (Å²) in [6.07, 6.45) is 1.77. The van der Waals surface area contributed by atoms with Crippen LogP contribution in [0.25, 0.3) is 11.5 Å². The van der Waals surface area contributed by atoms with Crippen LogP contribution in [0.1, 0.15) is 19.3 Å². The summed E-state index contributed by atoms with van der Waals surface area (Å²) >= 11 is 6.88. The molecule has 1 N–H and O–H groups in total. The Hall–Kier alpha value is -2.67. The van der Waals surface area contributed by atoms with Gasteiger partial charge in [-0.3, -0.25) is 10.1 Å². The number of fused-ring (bicyclic) bond motifs is 1. The lowest BCUT2D eigenvalue weighted by atomic mass is 10.0. The fraction of sp³-hybridized carbons (Fsp3) is 0.350. The molecule has 2 aromatic heterocycles. The minimum absolute atomic E-state index is 0.103. The molecule has 13 heteroatoms. The smallest absolute Gasteiger partial charge is 0.322 e. The SMILES string of the molecule is O=C(Nc1nnc(-c2ccc3c(c2)OCCO3)o1)C1CCCCN1S(=O)(=O)c1ccc(Cl)s1. The lowest BCUT2D eigenvalue weighted by molar-refractivity contribution is -0.120. The number of nitrogens with one attached hydrogen (secondary N) is 1. The second-order valence-electron chi connectivity index (χ2n) is 7.45. The maximum absolute atomic E-state index is 13.1. The highest BCUT2D eigenvalue weighted by Gasteiger charge is 2.38. The summed E-state index contributed by atoms with van der Waals surface area (Å²) in [5.41, 5.74) is 0.601. The minimum atomic E-state index is -3.86. The van der Waals surface area contributed by atoms with E-state index in [4.69, 9.17) is 25.5 Å². The van der Waals surface area contributed by atoms with Crippen LogP contribution >= 0.6 is 22.9 Å². The van der Waals surface area contributed by atoms with Crippen molar-refractivity contribution in [2.75, 3.05) is 25.1 Å². The molecule has 1 amide bonds. The summed E-state index contributed by atoms with van der Waals surface area (Å²) in [5.74, 6) is 0.852. The number of sulfonamides is 1. The minimum Gasteiger partial charge on any atom is -0.486 e. The van der Waals surface area contributed by atoms with E-state index < -0.39 is 22.0 Å². The van der Waals surface area contributed by atoms with Crippen LogP contribution in [0.5, 0.6) is 11.5 Å². The number of hydrogen-bond acceptors (Lipinski definition) is 9. The van der Waals surface area contributed by atoms with Crippen LogP contribution in [0.2, 0.25) is 4.34 Å². The van der Waals surface area contributed by atoms with Crippen LogP contribution in [0.15, 0.2) is 39.0 Å². The van der Waals surface area contributed by atoms with Crippen LogP contribution in [0.4, 0.5) is 6.01 Å². The molecule has 2 aliphatic rings.